The number of ether oxygens (including phenoxy) is 2. The summed E-state index contributed by atoms with van der Waals surface area (Å²) in [7, 11) is -18.4. The highest BCUT2D eigenvalue weighted by atomic mass is 32.2. The van der Waals surface area contributed by atoms with E-state index in [1.165, 1.54) is 48.5 Å². The van der Waals surface area contributed by atoms with Crippen LogP contribution in [0.5, 0.6) is 23.0 Å². The van der Waals surface area contributed by atoms with Crippen molar-refractivity contribution in [2.45, 2.75) is 19.6 Å². The van der Waals surface area contributed by atoms with E-state index in [9.17, 15) is 51.9 Å². The van der Waals surface area contributed by atoms with E-state index in [4.69, 9.17) is 9.47 Å². The summed E-state index contributed by atoms with van der Waals surface area (Å²) in [4.78, 5) is -1.68. The summed E-state index contributed by atoms with van der Waals surface area (Å²) in [5.41, 5.74) is 0.957. The van der Waals surface area contributed by atoms with E-state index in [1.54, 1.807) is 36.4 Å². The third kappa shape index (κ3) is 7.93. The lowest BCUT2D eigenvalue weighted by Gasteiger charge is -2.19. The molecule has 0 fully saturated rings. The molecule has 4 N–H and O–H groups in total. The third-order valence-electron chi connectivity index (χ3n) is 9.67. The van der Waals surface area contributed by atoms with Gasteiger partial charge in [-0.1, -0.05) is 72.8 Å². The number of rotatable bonds is 10. The minimum absolute atomic E-state index is 0.140. The van der Waals surface area contributed by atoms with Gasteiger partial charge in [0.05, 0.1) is 19.6 Å². The quantitative estimate of drug-likeness (QED) is 0.0741. The predicted octanol–water partition coefficient (Wildman–Crippen LogP) is 9.05. The van der Waals surface area contributed by atoms with Gasteiger partial charge in [-0.25, -0.2) is 0 Å². The van der Waals surface area contributed by atoms with Crippen LogP contribution in [0.2, 0.25) is 0 Å². The maximum Gasteiger partial charge on any atom is 0.294 e. The Morgan fingerprint density at radius 2 is 0.600 bits per heavy atom. The summed E-state index contributed by atoms with van der Waals surface area (Å²) in [6.07, 6.45) is 0. The molecule has 0 saturated carbocycles. The van der Waals surface area contributed by atoms with Crippen molar-refractivity contribution in [1.82, 2.24) is 0 Å². The summed E-state index contributed by atoms with van der Waals surface area (Å²) >= 11 is 0. The number of benzene rings is 8. The largest absolute Gasteiger partial charge is 0.456 e. The summed E-state index contributed by atoms with van der Waals surface area (Å²) in [5.74, 6) is 0.954. The molecule has 0 aromatic heterocycles. The van der Waals surface area contributed by atoms with Crippen LogP contribution in [-0.2, 0) is 40.5 Å². The molecule has 60 heavy (non-hydrogen) atoms. The number of hydrogen-bond donors (Lipinski definition) is 4. The highest BCUT2D eigenvalue weighted by Gasteiger charge is 2.22. The van der Waals surface area contributed by atoms with E-state index in [-0.39, 0.29) is 22.6 Å². The van der Waals surface area contributed by atoms with Gasteiger partial charge < -0.3 is 9.47 Å². The molecule has 0 saturated heterocycles. The summed E-state index contributed by atoms with van der Waals surface area (Å²) in [5, 5.41) is 3.99. The lowest BCUT2D eigenvalue weighted by molar-refractivity contribution is 0.478. The lowest BCUT2D eigenvalue weighted by atomic mass is 9.95. The molecule has 0 aliphatic carbocycles. The molecule has 0 aliphatic rings. The highest BCUT2D eigenvalue weighted by molar-refractivity contribution is 7.86. The van der Waals surface area contributed by atoms with Crippen molar-refractivity contribution >= 4 is 72.8 Å². The Bertz CT molecular complexity index is 3280. The first-order valence-corrected chi connectivity index (χ1v) is 23.1. The molecule has 0 atom stereocenters. The van der Waals surface area contributed by atoms with Crippen molar-refractivity contribution < 1.29 is 61.4 Å². The van der Waals surface area contributed by atoms with Gasteiger partial charge in [-0.15, -0.1) is 0 Å². The van der Waals surface area contributed by atoms with Gasteiger partial charge in [0.15, 0.2) is 0 Å². The second-order valence-corrected chi connectivity index (χ2v) is 19.1. The highest BCUT2D eigenvalue weighted by Crippen LogP contribution is 2.46. The van der Waals surface area contributed by atoms with Crippen molar-refractivity contribution in [3.63, 3.8) is 0 Å². The van der Waals surface area contributed by atoms with Crippen LogP contribution in [-0.4, -0.2) is 51.9 Å². The summed E-state index contributed by atoms with van der Waals surface area (Å²) in [6.45, 7) is 0. The fourth-order valence-corrected chi connectivity index (χ4v) is 8.85. The van der Waals surface area contributed by atoms with E-state index in [0.29, 0.717) is 54.9 Å². The Kier molecular flexibility index (Phi) is 10.0. The van der Waals surface area contributed by atoms with Gasteiger partial charge in [0.2, 0.25) is 0 Å². The second kappa shape index (κ2) is 14.8. The topological polar surface area (TPSA) is 236 Å². The molecule has 8 rings (SSSR count). The van der Waals surface area contributed by atoms with Crippen LogP contribution in [0, 0.1) is 0 Å². The first kappa shape index (κ1) is 40.6. The summed E-state index contributed by atoms with van der Waals surface area (Å²) in [6, 6.07) is 35.4. The third-order valence-corrected chi connectivity index (χ3v) is 13.1. The maximum absolute atomic E-state index is 12.2. The SMILES string of the molecule is O=S(=O)(O)c1ccc(-c2cc(S(=O)(=O)O)ccc2Oc2cc3c4ccccc4c(Oc4ccc(S(=O)(=O)O)cc4-c4ccc(S(=O)(=O)O)cc4)cc3c3ccccc23)cc1. The van der Waals surface area contributed by atoms with E-state index >= 15 is 0 Å². The Labute approximate surface area is 342 Å². The molecule has 0 aliphatic heterocycles. The fourth-order valence-electron chi connectivity index (χ4n) is 6.87. The maximum atomic E-state index is 12.2. The van der Waals surface area contributed by atoms with Crippen molar-refractivity contribution in [3.8, 4) is 45.3 Å². The fraction of sp³-hybridized carbons (Fsp3) is 0. The molecule has 18 heteroatoms. The van der Waals surface area contributed by atoms with E-state index in [1.807, 2.05) is 24.3 Å². The van der Waals surface area contributed by atoms with Crippen LogP contribution >= 0.6 is 0 Å². The Morgan fingerprint density at radius 1 is 0.300 bits per heavy atom. The minimum atomic E-state index is -4.68. The van der Waals surface area contributed by atoms with Gasteiger partial charge in [0.25, 0.3) is 40.5 Å². The van der Waals surface area contributed by atoms with E-state index < -0.39 is 60.1 Å². The van der Waals surface area contributed by atoms with Crippen molar-refractivity contribution in [1.29, 1.82) is 0 Å². The average Bonchev–Trinajstić information content (AvgIpc) is 3.20. The average molecular weight is 885 g/mol. The molecular formula is C42H28O14S4. The normalized spacial score (nSPS) is 12.5. The molecule has 14 nitrogen and oxygen atoms in total. The first-order chi connectivity index (χ1) is 28.3. The van der Waals surface area contributed by atoms with E-state index in [0.717, 1.165) is 36.4 Å². The van der Waals surface area contributed by atoms with Crippen molar-refractivity contribution in [2.24, 2.45) is 0 Å². The van der Waals surface area contributed by atoms with Gasteiger partial charge in [-0.3, -0.25) is 18.2 Å². The predicted molar refractivity (Wildman–Crippen MR) is 222 cm³/mol. The Balaban J connectivity index is 1.29. The lowest BCUT2D eigenvalue weighted by Crippen LogP contribution is -2.00. The number of hydrogen-bond acceptors (Lipinski definition) is 10. The minimum Gasteiger partial charge on any atom is -0.456 e. The molecule has 0 radical (unpaired) electrons. The Morgan fingerprint density at radius 3 is 0.917 bits per heavy atom. The van der Waals surface area contributed by atoms with Gasteiger partial charge in [0, 0.05) is 21.9 Å². The van der Waals surface area contributed by atoms with Crippen LogP contribution in [0.25, 0.3) is 54.6 Å². The molecule has 0 amide bonds. The zero-order valence-electron chi connectivity index (χ0n) is 30.4. The van der Waals surface area contributed by atoms with Crippen LogP contribution in [0.4, 0.5) is 0 Å². The van der Waals surface area contributed by atoms with Gasteiger partial charge in [-0.05, 0) is 105 Å². The van der Waals surface area contributed by atoms with Gasteiger partial charge in [-0.2, -0.15) is 33.7 Å². The summed E-state index contributed by atoms with van der Waals surface area (Å²) < 4.78 is 147. The molecular weight excluding hydrogens is 857 g/mol. The smallest absolute Gasteiger partial charge is 0.294 e. The zero-order chi connectivity index (χ0) is 42.8. The molecule has 0 bridgehead atoms. The van der Waals surface area contributed by atoms with Gasteiger partial charge in [0.1, 0.15) is 23.0 Å². The second-order valence-electron chi connectivity index (χ2n) is 13.4. The molecule has 8 aromatic carbocycles. The molecule has 0 unspecified atom stereocenters. The first-order valence-electron chi connectivity index (χ1n) is 17.4. The molecule has 0 heterocycles. The standard InChI is InChI=1S/C42H28O14S4/c43-57(44,45)27-13-9-25(10-14-27)35-21-29(59(49,50)51)17-19-39(35)55-41-24-38-32-6-2-4-8-34(32)42(23-37(38)31-5-1-3-7-33(31)41)56-40-20-18-30(60(52,53)54)22-36(40)26-11-15-28(16-12-26)58(46,47)48/h1-24H,(H,43,44,45)(H,46,47,48)(H,49,50,51)(H,52,53,54). The monoisotopic (exact) mass is 884 g/mol. The van der Waals surface area contributed by atoms with Crippen LogP contribution in [0.1, 0.15) is 0 Å². The van der Waals surface area contributed by atoms with Crippen LogP contribution < -0.4 is 9.47 Å². The number of fused-ring (bicyclic) bond motifs is 5. The molecule has 8 aromatic rings. The molecule has 304 valence electrons. The molecule has 0 spiro atoms. The Hall–Kier alpha value is -6.22. The van der Waals surface area contributed by atoms with Gasteiger partial charge >= 0.3 is 0 Å². The van der Waals surface area contributed by atoms with Crippen LogP contribution in [0.3, 0.4) is 0 Å². The van der Waals surface area contributed by atoms with Crippen molar-refractivity contribution in [3.05, 3.63) is 146 Å². The van der Waals surface area contributed by atoms with E-state index in [2.05, 4.69) is 0 Å². The van der Waals surface area contributed by atoms with Crippen molar-refractivity contribution in [2.75, 3.05) is 0 Å². The zero-order valence-corrected chi connectivity index (χ0v) is 33.6. The van der Waals surface area contributed by atoms with Crippen LogP contribution in [0.15, 0.2) is 165 Å².